The fourth-order valence-electron chi connectivity index (χ4n) is 2.67. The molecule has 0 saturated heterocycles. The van der Waals surface area contributed by atoms with Gasteiger partial charge >= 0.3 is 0 Å². The molecule has 108 valence electrons. The van der Waals surface area contributed by atoms with Crippen molar-refractivity contribution in [2.75, 3.05) is 0 Å². The molecular formula is C19H32. The van der Waals surface area contributed by atoms with Gasteiger partial charge in [-0.2, -0.15) is 0 Å². The molecule has 0 N–H and O–H groups in total. The lowest BCUT2D eigenvalue weighted by atomic mass is 9.81. The van der Waals surface area contributed by atoms with Gasteiger partial charge in [-0.05, 0) is 46.8 Å². The first-order chi connectivity index (χ1) is 8.74. The van der Waals surface area contributed by atoms with E-state index >= 15 is 0 Å². The second-order valence-corrected chi connectivity index (χ2v) is 7.59. The zero-order valence-electron chi connectivity index (χ0n) is 14.0. The van der Waals surface area contributed by atoms with Gasteiger partial charge in [-0.15, -0.1) is 0 Å². The first-order valence-electron chi connectivity index (χ1n) is 7.85. The maximum absolute atomic E-state index is 2.37. The van der Waals surface area contributed by atoms with E-state index in [4.69, 9.17) is 0 Å². The SMILES string of the molecule is CC[C@H](C)Cc1c(CC(C)(C)C)cccc1C(C)C. The third-order valence-corrected chi connectivity index (χ3v) is 3.90. The van der Waals surface area contributed by atoms with Crippen LogP contribution >= 0.6 is 0 Å². The molecule has 0 aliphatic rings. The number of hydrogen-bond donors (Lipinski definition) is 0. The molecule has 0 aromatic heterocycles. The molecule has 0 aliphatic heterocycles. The van der Waals surface area contributed by atoms with Gasteiger partial charge in [-0.1, -0.05) is 73.1 Å². The molecule has 19 heavy (non-hydrogen) atoms. The number of rotatable bonds is 5. The van der Waals surface area contributed by atoms with Crippen LogP contribution in [0.5, 0.6) is 0 Å². The lowest BCUT2D eigenvalue weighted by Gasteiger charge is -2.24. The molecular weight excluding hydrogens is 228 g/mol. The average Bonchev–Trinajstić information content (AvgIpc) is 2.28. The van der Waals surface area contributed by atoms with Crippen molar-refractivity contribution >= 4 is 0 Å². The molecule has 0 heteroatoms. The second kappa shape index (κ2) is 6.59. The maximum atomic E-state index is 2.37. The molecule has 0 unspecified atom stereocenters. The summed E-state index contributed by atoms with van der Waals surface area (Å²) in [5.74, 6) is 1.40. The fraction of sp³-hybridized carbons (Fsp3) is 0.684. The van der Waals surface area contributed by atoms with Crippen LogP contribution in [0.15, 0.2) is 18.2 Å². The quantitative estimate of drug-likeness (QED) is 0.610. The summed E-state index contributed by atoms with van der Waals surface area (Å²) in [6, 6.07) is 6.92. The Kier molecular flexibility index (Phi) is 5.64. The molecule has 0 heterocycles. The van der Waals surface area contributed by atoms with E-state index < -0.39 is 0 Å². The number of hydrogen-bond acceptors (Lipinski definition) is 0. The van der Waals surface area contributed by atoms with Crippen molar-refractivity contribution in [3.8, 4) is 0 Å². The predicted molar refractivity (Wildman–Crippen MR) is 86.8 cm³/mol. The largest absolute Gasteiger partial charge is 0.0651 e. The Hall–Kier alpha value is -0.780. The van der Waals surface area contributed by atoms with Gasteiger partial charge in [0.05, 0.1) is 0 Å². The Morgan fingerprint density at radius 2 is 1.68 bits per heavy atom. The normalized spacial score (nSPS) is 13.9. The van der Waals surface area contributed by atoms with Gasteiger partial charge in [-0.3, -0.25) is 0 Å². The van der Waals surface area contributed by atoms with E-state index in [-0.39, 0.29) is 0 Å². The zero-order chi connectivity index (χ0) is 14.6. The Bertz CT molecular complexity index is 393. The molecule has 1 atom stereocenters. The Morgan fingerprint density at radius 1 is 1.05 bits per heavy atom. The van der Waals surface area contributed by atoms with E-state index in [1.165, 1.54) is 19.3 Å². The van der Waals surface area contributed by atoms with Crippen LogP contribution in [-0.2, 0) is 12.8 Å². The Balaban J connectivity index is 3.18. The van der Waals surface area contributed by atoms with Gasteiger partial charge in [0, 0.05) is 0 Å². The summed E-state index contributed by atoms with van der Waals surface area (Å²) in [4.78, 5) is 0. The van der Waals surface area contributed by atoms with E-state index in [0.717, 1.165) is 5.92 Å². The molecule has 0 aliphatic carbocycles. The van der Waals surface area contributed by atoms with Crippen molar-refractivity contribution in [3.05, 3.63) is 34.9 Å². The minimum absolute atomic E-state index is 0.361. The topological polar surface area (TPSA) is 0 Å². The van der Waals surface area contributed by atoms with Gasteiger partial charge in [-0.25, -0.2) is 0 Å². The van der Waals surface area contributed by atoms with Crippen LogP contribution in [0.25, 0.3) is 0 Å². The van der Waals surface area contributed by atoms with Crippen LogP contribution < -0.4 is 0 Å². The highest BCUT2D eigenvalue weighted by atomic mass is 14.2. The Morgan fingerprint density at radius 3 is 2.16 bits per heavy atom. The molecule has 1 aromatic carbocycles. The highest BCUT2D eigenvalue weighted by Crippen LogP contribution is 2.30. The van der Waals surface area contributed by atoms with E-state index in [9.17, 15) is 0 Å². The maximum Gasteiger partial charge on any atom is -0.0216 e. The average molecular weight is 260 g/mol. The molecule has 0 fully saturated rings. The summed E-state index contributed by atoms with van der Waals surface area (Å²) in [5.41, 5.74) is 5.11. The van der Waals surface area contributed by atoms with Gasteiger partial charge in [0.2, 0.25) is 0 Å². The van der Waals surface area contributed by atoms with Crippen molar-refractivity contribution in [2.24, 2.45) is 11.3 Å². The minimum atomic E-state index is 0.361. The molecule has 1 rings (SSSR count). The van der Waals surface area contributed by atoms with E-state index in [2.05, 4.69) is 66.7 Å². The van der Waals surface area contributed by atoms with Crippen molar-refractivity contribution in [2.45, 2.75) is 73.6 Å². The van der Waals surface area contributed by atoms with Gasteiger partial charge in [0.15, 0.2) is 0 Å². The molecule has 0 bridgehead atoms. The van der Waals surface area contributed by atoms with Crippen molar-refractivity contribution in [1.82, 2.24) is 0 Å². The molecule has 0 amide bonds. The van der Waals surface area contributed by atoms with Crippen molar-refractivity contribution in [1.29, 1.82) is 0 Å². The monoisotopic (exact) mass is 260 g/mol. The summed E-state index contributed by atoms with van der Waals surface area (Å²) in [6.07, 6.45) is 3.68. The van der Waals surface area contributed by atoms with Crippen molar-refractivity contribution in [3.63, 3.8) is 0 Å². The highest BCUT2D eigenvalue weighted by molar-refractivity contribution is 5.38. The molecule has 0 spiro atoms. The fourth-order valence-corrected chi connectivity index (χ4v) is 2.67. The standard InChI is InChI=1S/C19H32/c1-8-15(4)12-18-16(13-19(5,6)7)10-9-11-17(18)14(2)3/h9-11,14-15H,8,12-13H2,1-7H3/t15-/m0/s1. The second-order valence-electron chi connectivity index (χ2n) is 7.59. The van der Waals surface area contributed by atoms with Crippen LogP contribution in [0.4, 0.5) is 0 Å². The Labute approximate surface area is 120 Å². The van der Waals surface area contributed by atoms with Gasteiger partial charge in [0.25, 0.3) is 0 Å². The van der Waals surface area contributed by atoms with E-state index in [1.54, 1.807) is 16.7 Å². The zero-order valence-corrected chi connectivity index (χ0v) is 14.0. The molecule has 0 saturated carbocycles. The van der Waals surface area contributed by atoms with Crippen LogP contribution in [0, 0.1) is 11.3 Å². The van der Waals surface area contributed by atoms with E-state index in [0.29, 0.717) is 11.3 Å². The van der Waals surface area contributed by atoms with Crippen molar-refractivity contribution < 1.29 is 0 Å². The first-order valence-corrected chi connectivity index (χ1v) is 7.85. The summed E-state index contributed by atoms with van der Waals surface area (Å²) < 4.78 is 0. The summed E-state index contributed by atoms with van der Waals surface area (Å²) in [5, 5.41) is 0. The molecule has 1 aromatic rings. The lowest BCUT2D eigenvalue weighted by molar-refractivity contribution is 0.408. The third kappa shape index (κ3) is 5.01. The predicted octanol–water partition coefficient (Wildman–Crippen LogP) is 5.99. The first kappa shape index (κ1) is 16.3. The number of benzene rings is 1. The summed E-state index contributed by atoms with van der Waals surface area (Å²) in [6.45, 7) is 16.3. The van der Waals surface area contributed by atoms with E-state index in [1.807, 2.05) is 0 Å². The van der Waals surface area contributed by atoms with Gasteiger partial charge in [0.1, 0.15) is 0 Å². The smallest absolute Gasteiger partial charge is 0.0216 e. The van der Waals surface area contributed by atoms with Crippen LogP contribution in [-0.4, -0.2) is 0 Å². The van der Waals surface area contributed by atoms with Crippen LogP contribution in [0.2, 0.25) is 0 Å². The molecule has 0 nitrogen and oxygen atoms in total. The summed E-state index contributed by atoms with van der Waals surface area (Å²) in [7, 11) is 0. The summed E-state index contributed by atoms with van der Waals surface area (Å²) >= 11 is 0. The van der Waals surface area contributed by atoms with Crippen LogP contribution in [0.1, 0.15) is 77.5 Å². The molecule has 0 radical (unpaired) electrons. The minimum Gasteiger partial charge on any atom is -0.0651 e. The highest BCUT2D eigenvalue weighted by Gasteiger charge is 2.18. The van der Waals surface area contributed by atoms with Crippen LogP contribution in [0.3, 0.4) is 0 Å². The third-order valence-electron chi connectivity index (χ3n) is 3.90. The van der Waals surface area contributed by atoms with Gasteiger partial charge < -0.3 is 0 Å². The lowest BCUT2D eigenvalue weighted by Crippen LogP contribution is -2.14.